The lowest BCUT2D eigenvalue weighted by Gasteiger charge is -1.89. The van der Waals surface area contributed by atoms with E-state index in [0.717, 1.165) is 16.9 Å². The maximum atomic E-state index is 4.58. The van der Waals surface area contributed by atoms with E-state index in [1.54, 1.807) is 0 Å². The largest absolute Gasteiger partial charge is 0.338 e. The molecule has 0 fully saturated rings. The third kappa shape index (κ3) is 2.31. The number of imidazole rings is 1. The van der Waals surface area contributed by atoms with Gasteiger partial charge in [0.15, 0.2) is 0 Å². The van der Waals surface area contributed by atoms with Crippen molar-refractivity contribution < 1.29 is 0 Å². The number of hydrogen-bond acceptors (Lipinski definition) is 1. The Bertz CT molecular complexity index is 699. The predicted octanol–water partition coefficient (Wildman–Crippen LogP) is 4.34. The number of fused-ring (bicyclic) bond motifs is 1. The Morgan fingerprint density at radius 1 is 0.944 bits per heavy atom. The standard InChI is InChI=1S/C15H11IN2/c16-12-7-4-8-13-15(12)18-14(17-13)10-9-11-5-2-1-3-6-11/h1-10H,(H,17,18). The molecule has 0 atom stereocenters. The summed E-state index contributed by atoms with van der Waals surface area (Å²) in [5, 5.41) is 0. The van der Waals surface area contributed by atoms with Gasteiger partial charge in [0.25, 0.3) is 0 Å². The number of benzene rings is 2. The Morgan fingerprint density at radius 2 is 1.78 bits per heavy atom. The van der Waals surface area contributed by atoms with Gasteiger partial charge in [-0.2, -0.15) is 0 Å². The smallest absolute Gasteiger partial charge is 0.131 e. The molecule has 0 aliphatic carbocycles. The first-order chi connectivity index (χ1) is 8.83. The van der Waals surface area contributed by atoms with Crippen molar-refractivity contribution in [1.29, 1.82) is 0 Å². The van der Waals surface area contributed by atoms with Gasteiger partial charge in [-0.25, -0.2) is 4.98 Å². The zero-order chi connectivity index (χ0) is 12.4. The molecule has 2 nitrogen and oxygen atoms in total. The van der Waals surface area contributed by atoms with Gasteiger partial charge in [0.1, 0.15) is 11.3 Å². The SMILES string of the molecule is Ic1cccc2[nH]c(C=Cc3ccccc3)nc12. The number of halogens is 1. The van der Waals surface area contributed by atoms with Gasteiger partial charge in [-0.15, -0.1) is 0 Å². The van der Waals surface area contributed by atoms with E-state index >= 15 is 0 Å². The highest BCUT2D eigenvalue weighted by Crippen LogP contribution is 2.18. The van der Waals surface area contributed by atoms with Crippen LogP contribution in [0.4, 0.5) is 0 Å². The summed E-state index contributed by atoms with van der Waals surface area (Å²) in [4.78, 5) is 7.88. The first kappa shape index (κ1) is 11.5. The number of rotatable bonds is 2. The molecule has 0 unspecified atom stereocenters. The van der Waals surface area contributed by atoms with Gasteiger partial charge < -0.3 is 4.98 Å². The van der Waals surface area contributed by atoms with E-state index in [0.29, 0.717) is 0 Å². The second-order valence-electron chi connectivity index (χ2n) is 4.00. The van der Waals surface area contributed by atoms with E-state index < -0.39 is 0 Å². The van der Waals surface area contributed by atoms with Crippen molar-refractivity contribution in [2.24, 2.45) is 0 Å². The molecule has 3 aromatic rings. The average Bonchev–Trinajstić information content (AvgIpc) is 2.82. The Hall–Kier alpha value is -1.62. The normalized spacial score (nSPS) is 11.4. The van der Waals surface area contributed by atoms with Gasteiger partial charge in [0.2, 0.25) is 0 Å². The van der Waals surface area contributed by atoms with E-state index in [1.807, 2.05) is 36.4 Å². The van der Waals surface area contributed by atoms with Crippen LogP contribution in [-0.2, 0) is 0 Å². The van der Waals surface area contributed by atoms with Crippen molar-refractivity contribution in [2.45, 2.75) is 0 Å². The molecule has 0 radical (unpaired) electrons. The van der Waals surface area contributed by atoms with Crippen molar-refractivity contribution in [3.05, 3.63) is 63.5 Å². The molecule has 0 amide bonds. The Labute approximate surface area is 119 Å². The van der Waals surface area contributed by atoms with Gasteiger partial charge in [-0.05, 0) is 46.4 Å². The maximum Gasteiger partial charge on any atom is 0.131 e. The minimum absolute atomic E-state index is 0.887. The molecule has 0 bridgehead atoms. The number of nitrogens with zero attached hydrogens (tertiary/aromatic N) is 1. The molecular weight excluding hydrogens is 335 g/mol. The zero-order valence-corrected chi connectivity index (χ0v) is 11.8. The lowest BCUT2D eigenvalue weighted by Crippen LogP contribution is -1.75. The number of aromatic amines is 1. The van der Waals surface area contributed by atoms with E-state index in [2.05, 4.69) is 56.8 Å². The Kier molecular flexibility index (Phi) is 3.15. The number of hydrogen-bond donors (Lipinski definition) is 1. The zero-order valence-electron chi connectivity index (χ0n) is 9.60. The summed E-state index contributed by atoms with van der Waals surface area (Å²) in [6, 6.07) is 16.4. The predicted molar refractivity (Wildman–Crippen MR) is 84.2 cm³/mol. The summed E-state index contributed by atoms with van der Waals surface area (Å²) < 4.78 is 1.17. The van der Waals surface area contributed by atoms with Crippen LogP contribution in [0.3, 0.4) is 0 Å². The molecule has 0 aliphatic rings. The molecule has 3 rings (SSSR count). The molecule has 3 heteroatoms. The first-order valence-corrected chi connectivity index (χ1v) is 6.78. The molecule has 1 heterocycles. The minimum atomic E-state index is 0.887. The second-order valence-corrected chi connectivity index (χ2v) is 5.16. The van der Waals surface area contributed by atoms with Crippen molar-refractivity contribution in [1.82, 2.24) is 9.97 Å². The quantitative estimate of drug-likeness (QED) is 0.687. The fourth-order valence-electron chi connectivity index (χ4n) is 1.83. The van der Waals surface area contributed by atoms with Crippen LogP contribution in [0.5, 0.6) is 0 Å². The van der Waals surface area contributed by atoms with E-state index in [1.165, 1.54) is 9.13 Å². The summed E-state index contributed by atoms with van der Waals surface area (Å²) in [5.41, 5.74) is 3.29. The topological polar surface area (TPSA) is 28.7 Å². The molecule has 0 saturated carbocycles. The van der Waals surface area contributed by atoms with Crippen LogP contribution in [0.15, 0.2) is 48.5 Å². The Balaban J connectivity index is 1.96. The highest BCUT2D eigenvalue weighted by Gasteiger charge is 2.02. The summed E-state index contributed by atoms with van der Waals surface area (Å²) in [7, 11) is 0. The number of aromatic nitrogens is 2. The molecule has 1 N–H and O–H groups in total. The van der Waals surface area contributed by atoms with Crippen LogP contribution >= 0.6 is 22.6 Å². The summed E-state index contributed by atoms with van der Waals surface area (Å²) in [5.74, 6) is 0.887. The van der Waals surface area contributed by atoms with E-state index in [4.69, 9.17) is 0 Å². The first-order valence-electron chi connectivity index (χ1n) is 5.70. The Morgan fingerprint density at radius 3 is 2.56 bits per heavy atom. The number of H-pyrrole nitrogens is 1. The van der Waals surface area contributed by atoms with Crippen LogP contribution in [-0.4, -0.2) is 9.97 Å². The van der Waals surface area contributed by atoms with Crippen LogP contribution in [0.1, 0.15) is 11.4 Å². The van der Waals surface area contributed by atoms with Crippen LogP contribution in [0, 0.1) is 3.57 Å². The molecule has 0 saturated heterocycles. The summed E-state index contributed by atoms with van der Waals surface area (Å²) in [6.45, 7) is 0. The van der Waals surface area contributed by atoms with E-state index in [-0.39, 0.29) is 0 Å². The van der Waals surface area contributed by atoms with Gasteiger partial charge in [-0.3, -0.25) is 0 Å². The molecule has 88 valence electrons. The summed E-state index contributed by atoms with van der Waals surface area (Å²) in [6.07, 6.45) is 4.07. The van der Waals surface area contributed by atoms with Gasteiger partial charge in [0, 0.05) is 3.57 Å². The number of nitrogens with one attached hydrogen (secondary N) is 1. The van der Waals surface area contributed by atoms with Crippen molar-refractivity contribution in [3.63, 3.8) is 0 Å². The molecule has 2 aromatic carbocycles. The molecule has 18 heavy (non-hydrogen) atoms. The average molecular weight is 346 g/mol. The van der Waals surface area contributed by atoms with Crippen LogP contribution in [0.2, 0.25) is 0 Å². The lowest BCUT2D eigenvalue weighted by molar-refractivity contribution is 1.29. The third-order valence-electron chi connectivity index (χ3n) is 2.72. The lowest BCUT2D eigenvalue weighted by atomic mass is 10.2. The molecule has 0 spiro atoms. The number of para-hydroxylation sites is 1. The fourth-order valence-corrected chi connectivity index (χ4v) is 2.45. The van der Waals surface area contributed by atoms with Crippen molar-refractivity contribution in [3.8, 4) is 0 Å². The van der Waals surface area contributed by atoms with Gasteiger partial charge >= 0.3 is 0 Å². The van der Waals surface area contributed by atoms with Crippen molar-refractivity contribution in [2.75, 3.05) is 0 Å². The van der Waals surface area contributed by atoms with E-state index in [9.17, 15) is 0 Å². The molecule has 0 aliphatic heterocycles. The minimum Gasteiger partial charge on any atom is -0.338 e. The monoisotopic (exact) mass is 346 g/mol. The van der Waals surface area contributed by atoms with Crippen molar-refractivity contribution >= 4 is 45.8 Å². The van der Waals surface area contributed by atoms with Crippen LogP contribution in [0.25, 0.3) is 23.2 Å². The van der Waals surface area contributed by atoms with Gasteiger partial charge in [0.05, 0.1) is 5.52 Å². The second kappa shape index (κ2) is 4.94. The molecular formula is C15H11IN2. The molecule has 1 aromatic heterocycles. The van der Waals surface area contributed by atoms with Crippen LogP contribution < -0.4 is 0 Å². The maximum absolute atomic E-state index is 4.58. The highest BCUT2D eigenvalue weighted by atomic mass is 127. The summed E-state index contributed by atoms with van der Waals surface area (Å²) >= 11 is 2.30. The fraction of sp³-hybridized carbons (Fsp3) is 0. The van der Waals surface area contributed by atoms with Gasteiger partial charge in [-0.1, -0.05) is 42.5 Å². The third-order valence-corrected chi connectivity index (χ3v) is 3.59. The highest BCUT2D eigenvalue weighted by molar-refractivity contribution is 14.1.